The first-order valence-electron chi connectivity index (χ1n) is 7.24. The maximum Gasteiger partial charge on any atom is 0.259 e. The molecule has 3 aromatic rings. The van der Waals surface area contributed by atoms with E-state index in [1.807, 2.05) is 50.2 Å². The lowest BCUT2D eigenvalue weighted by Crippen LogP contribution is -2.14. The van der Waals surface area contributed by atoms with E-state index in [-0.39, 0.29) is 5.91 Å². The van der Waals surface area contributed by atoms with E-state index in [4.69, 9.17) is 11.6 Å². The van der Waals surface area contributed by atoms with Crippen molar-refractivity contribution in [1.29, 1.82) is 0 Å². The van der Waals surface area contributed by atoms with Crippen LogP contribution in [0.4, 0.5) is 5.69 Å². The molecule has 3 rings (SSSR count). The molecule has 5 heteroatoms. The first kappa shape index (κ1) is 15.3. The number of aromatic nitrogens is 2. The maximum absolute atomic E-state index is 12.5. The van der Waals surface area contributed by atoms with Crippen molar-refractivity contribution < 1.29 is 4.79 Å². The molecule has 0 atom stereocenters. The Morgan fingerprint density at radius 2 is 1.87 bits per heavy atom. The average Bonchev–Trinajstić information content (AvgIpc) is 2.92. The lowest BCUT2D eigenvalue weighted by Gasteiger charge is -2.09. The summed E-state index contributed by atoms with van der Waals surface area (Å²) in [6, 6.07) is 15.1. The van der Waals surface area contributed by atoms with Gasteiger partial charge in [-0.05, 0) is 49.7 Å². The monoisotopic (exact) mass is 325 g/mol. The van der Waals surface area contributed by atoms with Crippen LogP contribution in [0.2, 0.25) is 5.02 Å². The number of aryl methyl sites for hydroxylation is 1. The van der Waals surface area contributed by atoms with Crippen molar-refractivity contribution in [2.75, 3.05) is 5.32 Å². The zero-order chi connectivity index (χ0) is 16.4. The van der Waals surface area contributed by atoms with E-state index in [1.165, 1.54) is 0 Å². The van der Waals surface area contributed by atoms with Gasteiger partial charge in [0.15, 0.2) is 0 Å². The van der Waals surface area contributed by atoms with Crippen LogP contribution in [0.15, 0.2) is 54.7 Å². The Bertz CT molecular complexity index is 856. The van der Waals surface area contributed by atoms with Crippen LogP contribution in [0.5, 0.6) is 0 Å². The summed E-state index contributed by atoms with van der Waals surface area (Å²) in [6.07, 6.45) is 1.59. The lowest BCUT2D eigenvalue weighted by atomic mass is 10.2. The lowest BCUT2D eigenvalue weighted by molar-refractivity contribution is 0.102. The molecule has 0 aliphatic heterocycles. The summed E-state index contributed by atoms with van der Waals surface area (Å²) < 4.78 is 1.75. The highest BCUT2D eigenvalue weighted by Crippen LogP contribution is 2.21. The van der Waals surface area contributed by atoms with E-state index in [9.17, 15) is 4.79 Å². The molecule has 23 heavy (non-hydrogen) atoms. The molecule has 1 aromatic heterocycles. The number of rotatable bonds is 3. The van der Waals surface area contributed by atoms with Gasteiger partial charge in [0.25, 0.3) is 5.91 Å². The van der Waals surface area contributed by atoms with Crippen LogP contribution in [0.3, 0.4) is 0 Å². The normalized spacial score (nSPS) is 10.6. The SMILES string of the molecule is Cc1cc(Cl)ccc1NC(=O)c1cnn(-c2ccccc2)c1C. The quantitative estimate of drug-likeness (QED) is 0.776. The third-order valence-corrected chi connectivity index (χ3v) is 3.93. The second-order valence-corrected chi connectivity index (χ2v) is 5.74. The van der Waals surface area contributed by atoms with Gasteiger partial charge in [0.05, 0.1) is 23.1 Å². The molecule has 116 valence electrons. The van der Waals surface area contributed by atoms with Crippen molar-refractivity contribution in [3.05, 3.63) is 76.6 Å². The van der Waals surface area contributed by atoms with Gasteiger partial charge in [-0.1, -0.05) is 29.8 Å². The molecular weight excluding hydrogens is 310 g/mol. The van der Waals surface area contributed by atoms with E-state index >= 15 is 0 Å². The molecule has 0 saturated heterocycles. The number of carbonyl (C=O) groups is 1. The molecule has 0 radical (unpaired) electrons. The summed E-state index contributed by atoms with van der Waals surface area (Å²) in [6.45, 7) is 3.78. The zero-order valence-electron chi connectivity index (χ0n) is 12.9. The molecule has 0 bridgehead atoms. The van der Waals surface area contributed by atoms with Crippen LogP contribution in [0.1, 0.15) is 21.6 Å². The minimum Gasteiger partial charge on any atom is -0.322 e. The van der Waals surface area contributed by atoms with E-state index in [0.717, 1.165) is 22.6 Å². The Morgan fingerprint density at radius 1 is 1.13 bits per heavy atom. The fourth-order valence-corrected chi connectivity index (χ4v) is 2.65. The Morgan fingerprint density at radius 3 is 2.57 bits per heavy atom. The van der Waals surface area contributed by atoms with Crippen molar-refractivity contribution in [3.63, 3.8) is 0 Å². The van der Waals surface area contributed by atoms with Gasteiger partial charge in [0.1, 0.15) is 0 Å². The summed E-state index contributed by atoms with van der Waals surface area (Å²) in [4.78, 5) is 12.5. The molecule has 0 unspecified atom stereocenters. The Labute approximate surface area is 139 Å². The van der Waals surface area contributed by atoms with Crippen LogP contribution in [0.25, 0.3) is 5.69 Å². The fraction of sp³-hybridized carbons (Fsp3) is 0.111. The molecule has 0 fully saturated rings. The summed E-state index contributed by atoms with van der Waals surface area (Å²) in [5.74, 6) is -0.185. The van der Waals surface area contributed by atoms with E-state index < -0.39 is 0 Å². The van der Waals surface area contributed by atoms with Gasteiger partial charge in [0.2, 0.25) is 0 Å². The largest absolute Gasteiger partial charge is 0.322 e. The number of amides is 1. The molecular formula is C18H16ClN3O. The average molecular weight is 326 g/mol. The van der Waals surface area contributed by atoms with E-state index in [1.54, 1.807) is 23.0 Å². The number of hydrogen-bond donors (Lipinski definition) is 1. The minimum atomic E-state index is -0.185. The number of carbonyl (C=O) groups excluding carboxylic acids is 1. The molecule has 0 aliphatic carbocycles. The predicted molar refractivity (Wildman–Crippen MR) is 92.4 cm³/mol. The minimum absolute atomic E-state index is 0.185. The molecule has 0 spiro atoms. The number of nitrogens with one attached hydrogen (secondary N) is 1. The van der Waals surface area contributed by atoms with Gasteiger partial charge in [-0.2, -0.15) is 5.10 Å². The third kappa shape index (κ3) is 3.12. The van der Waals surface area contributed by atoms with Crippen molar-refractivity contribution >= 4 is 23.2 Å². The predicted octanol–water partition coefficient (Wildman–Crippen LogP) is 4.39. The number of halogens is 1. The molecule has 0 aliphatic rings. The fourth-order valence-electron chi connectivity index (χ4n) is 2.42. The molecule has 4 nitrogen and oxygen atoms in total. The van der Waals surface area contributed by atoms with Crippen molar-refractivity contribution in [3.8, 4) is 5.69 Å². The van der Waals surface area contributed by atoms with Crippen LogP contribution in [-0.2, 0) is 0 Å². The molecule has 2 aromatic carbocycles. The standard InChI is InChI=1S/C18H16ClN3O/c1-12-10-14(19)8-9-17(12)21-18(23)16-11-20-22(13(16)2)15-6-4-3-5-7-15/h3-11H,1-2H3,(H,21,23). The van der Waals surface area contributed by atoms with Crippen molar-refractivity contribution in [2.45, 2.75) is 13.8 Å². The number of para-hydroxylation sites is 1. The highest BCUT2D eigenvalue weighted by Gasteiger charge is 2.16. The third-order valence-electron chi connectivity index (χ3n) is 3.69. The summed E-state index contributed by atoms with van der Waals surface area (Å²) >= 11 is 5.94. The van der Waals surface area contributed by atoms with E-state index in [0.29, 0.717) is 10.6 Å². The second-order valence-electron chi connectivity index (χ2n) is 5.30. The van der Waals surface area contributed by atoms with Gasteiger partial charge >= 0.3 is 0 Å². The van der Waals surface area contributed by atoms with Crippen LogP contribution in [0, 0.1) is 13.8 Å². The van der Waals surface area contributed by atoms with Gasteiger partial charge in [0, 0.05) is 10.7 Å². The van der Waals surface area contributed by atoms with Crippen LogP contribution in [-0.4, -0.2) is 15.7 Å². The van der Waals surface area contributed by atoms with Crippen molar-refractivity contribution in [2.24, 2.45) is 0 Å². The van der Waals surface area contributed by atoms with Crippen LogP contribution >= 0.6 is 11.6 Å². The number of hydrogen-bond acceptors (Lipinski definition) is 2. The van der Waals surface area contributed by atoms with Gasteiger partial charge in [-0.15, -0.1) is 0 Å². The first-order valence-corrected chi connectivity index (χ1v) is 7.61. The number of nitrogens with zero attached hydrogens (tertiary/aromatic N) is 2. The highest BCUT2D eigenvalue weighted by molar-refractivity contribution is 6.30. The molecule has 0 saturated carbocycles. The zero-order valence-corrected chi connectivity index (χ0v) is 13.6. The van der Waals surface area contributed by atoms with Gasteiger partial charge < -0.3 is 5.32 Å². The van der Waals surface area contributed by atoms with Crippen LogP contribution < -0.4 is 5.32 Å². The first-order chi connectivity index (χ1) is 11.1. The Kier molecular flexibility index (Phi) is 4.17. The maximum atomic E-state index is 12.5. The summed E-state index contributed by atoms with van der Waals surface area (Å²) in [5.41, 5.74) is 3.92. The summed E-state index contributed by atoms with van der Waals surface area (Å²) in [5, 5.41) is 7.88. The number of benzene rings is 2. The topological polar surface area (TPSA) is 46.9 Å². The smallest absolute Gasteiger partial charge is 0.259 e. The Balaban J connectivity index is 1.88. The van der Waals surface area contributed by atoms with E-state index in [2.05, 4.69) is 10.4 Å². The van der Waals surface area contributed by atoms with Gasteiger partial charge in [-0.25, -0.2) is 4.68 Å². The number of anilines is 1. The highest BCUT2D eigenvalue weighted by atomic mass is 35.5. The molecule has 1 N–H and O–H groups in total. The molecule has 1 heterocycles. The van der Waals surface area contributed by atoms with Crippen molar-refractivity contribution in [1.82, 2.24) is 9.78 Å². The Hall–Kier alpha value is -2.59. The second kappa shape index (κ2) is 6.26. The van der Waals surface area contributed by atoms with Gasteiger partial charge in [-0.3, -0.25) is 4.79 Å². The molecule has 1 amide bonds. The summed E-state index contributed by atoms with van der Waals surface area (Å²) in [7, 11) is 0.